The predicted octanol–water partition coefficient (Wildman–Crippen LogP) is 12.9. The van der Waals surface area contributed by atoms with Gasteiger partial charge in [0, 0.05) is 153 Å². The number of carbonyl (C=O) groups is 14. The molecule has 0 radical (unpaired) electrons. The summed E-state index contributed by atoms with van der Waals surface area (Å²) in [5.74, 6) is 0.934. The lowest BCUT2D eigenvalue weighted by atomic mass is 9.87. The highest BCUT2D eigenvalue weighted by atomic mass is 32.1. The third-order valence-corrected chi connectivity index (χ3v) is 32.7. The van der Waals surface area contributed by atoms with Crippen LogP contribution in [0.3, 0.4) is 0 Å². The Bertz CT molecular complexity index is 6180. The zero-order valence-electron chi connectivity index (χ0n) is 80.6. The second kappa shape index (κ2) is 44.8. The number of aryl methyl sites for hydroxylation is 1. The van der Waals surface area contributed by atoms with E-state index in [1.807, 2.05) is 125 Å². The molecule has 18 amide bonds. The van der Waals surface area contributed by atoms with Crippen LogP contribution in [0.1, 0.15) is 215 Å². The molecule has 2 aliphatic carbocycles. The summed E-state index contributed by atoms with van der Waals surface area (Å²) in [6, 6.07) is 23.4. The van der Waals surface area contributed by atoms with E-state index in [0.29, 0.717) is 203 Å². The third-order valence-electron chi connectivity index (χ3n) is 28.2. The summed E-state index contributed by atoms with van der Waals surface area (Å²) in [6.45, 7) is 19.1. The number of nitrogens with one attached hydrogen (secondary N) is 10. The summed E-state index contributed by atoms with van der Waals surface area (Å²) in [5.41, 5.74) is 0.667. The fourth-order valence-corrected chi connectivity index (χ4v) is 25.0. The average Bonchev–Trinajstić information content (AvgIpc) is 1.63. The quantitative estimate of drug-likeness (QED) is 0.0301. The maximum absolute atomic E-state index is 13.7. The topological polar surface area (TPSA) is 448 Å². The molecule has 0 bridgehead atoms. The number of piperidine rings is 5. The van der Waals surface area contributed by atoms with E-state index in [-0.39, 0.29) is 96.3 Å². The van der Waals surface area contributed by atoms with Gasteiger partial charge in [0.05, 0.1) is 47.5 Å². The molecule has 141 heavy (non-hydrogen) atoms. The molecule has 3 aromatic carbocycles. The molecule has 748 valence electrons. The summed E-state index contributed by atoms with van der Waals surface area (Å²) in [7, 11) is 0. The Morgan fingerprint density at radius 3 is 1.22 bits per heavy atom. The fourth-order valence-electron chi connectivity index (χ4n) is 20.4. The van der Waals surface area contributed by atoms with Crippen LogP contribution >= 0.6 is 45.3 Å². The van der Waals surface area contributed by atoms with E-state index in [1.54, 1.807) is 37.0 Å². The molecular formula is C100H124N22O15S4. The van der Waals surface area contributed by atoms with Gasteiger partial charge >= 0.3 is 24.1 Å². The SMILES string of the molecule is CCNC(=O)Nc1sc2c(c1C(=O)N1CCC3(CC1)N=CN(CC(=O)N(CC)CC)C3=O)CCCC2.CCNC(=O)Nc1sc2ccccc2c1C(=O)N1CCC2(CC1)N=C(CC1CCCC1)NC2=O.CCNC(=O)Nc1sc2ccccc2c1C(=O)N1CCC2(CC1)N=C(Cc1ccoc1)NC2=O.CCNC(=O)Nc1sc2ccccc2c1C(=O)N1CCC2(CC1)N=CN(CC(=O)N1CCCCC1)C2=O. The van der Waals surface area contributed by atoms with E-state index in [9.17, 15) is 67.1 Å². The highest BCUT2D eigenvalue weighted by Crippen LogP contribution is 2.46. The van der Waals surface area contributed by atoms with Crippen molar-refractivity contribution in [1.29, 1.82) is 0 Å². The molecule has 1 saturated carbocycles. The molecule has 0 unspecified atom stereocenters. The number of aliphatic imine (C=N–C) groups is 4. The summed E-state index contributed by atoms with van der Waals surface area (Å²) in [4.78, 5) is 214. The number of likely N-dealkylation sites (N-methyl/N-ethyl adjacent to an activating group) is 1. The number of thiophene rings is 4. The van der Waals surface area contributed by atoms with Gasteiger partial charge in [-0.3, -0.25) is 99.0 Å². The number of amidine groups is 2. The highest BCUT2D eigenvalue weighted by molar-refractivity contribution is 7.24. The molecular weight excluding hydrogens is 1880 g/mol. The molecule has 5 aromatic heterocycles. The number of furan rings is 1. The van der Waals surface area contributed by atoms with Crippen LogP contribution in [0.4, 0.5) is 39.2 Å². The monoisotopic (exact) mass is 2000 g/mol. The number of urea groups is 4. The Balaban J connectivity index is 0.000000135. The lowest BCUT2D eigenvalue weighted by molar-refractivity contribution is -0.139. The molecule has 11 aliphatic rings. The molecule has 37 nitrogen and oxygen atoms in total. The molecule has 9 aliphatic heterocycles. The number of likely N-dealkylation sites (tertiary alicyclic amines) is 5. The van der Waals surface area contributed by atoms with Crippen LogP contribution in [0.25, 0.3) is 30.3 Å². The third kappa shape index (κ3) is 22.2. The number of fused-ring (bicyclic) bond motifs is 4. The van der Waals surface area contributed by atoms with E-state index in [4.69, 9.17) is 14.4 Å². The van der Waals surface area contributed by atoms with Gasteiger partial charge in [-0.1, -0.05) is 80.3 Å². The van der Waals surface area contributed by atoms with Crippen molar-refractivity contribution in [2.45, 2.75) is 199 Å². The first-order chi connectivity index (χ1) is 68.2. The smallest absolute Gasteiger partial charge is 0.319 e. The summed E-state index contributed by atoms with van der Waals surface area (Å²) in [5, 5.41) is 32.8. The second-order valence-electron chi connectivity index (χ2n) is 37.1. The van der Waals surface area contributed by atoms with Gasteiger partial charge in [-0.2, -0.15) is 0 Å². The maximum Gasteiger partial charge on any atom is 0.319 e. The van der Waals surface area contributed by atoms with Gasteiger partial charge < -0.3 is 65.7 Å². The van der Waals surface area contributed by atoms with Crippen molar-refractivity contribution in [3.8, 4) is 0 Å². The first-order valence-corrected chi connectivity index (χ1v) is 52.6. The molecule has 6 fully saturated rings. The van der Waals surface area contributed by atoms with Gasteiger partial charge in [0.15, 0.2) is 0 Å². The largest absolute Gasteiger partial charge is 0.472 e. The van der Waals surface area contributed by atoms with Crippen LogP contribution < -0.4 is 53.2 Å². The van der Waals surface area contributed by atoms with Crippen LogP contribution in [0.2, 0.25) is 0 Å². The van der Waals surface area contributed by atoms with Gasteiger partial charge in [-0.25, -0.2) is 19.2 Å². The Kier molecular flexibility index (Phi) is 32.1. The zero-order valence-corrected chi connectivity index (χ0v) is 83.9. The number of hydrogen-bond acceptors (Lipinski definition) is 23. The Labute approximate surface area is 833 Å². The molecule has 14 heterocycles. The Hall–Kier alpha value is -13.0. The van der Waals surface area contributed by atoms with Crippen molar-refractivity contribution in [3.05, 3.63) is 130 Å². The zero-order chi connectivity index (χ0) is 99.3. The molecule has 0 atom stereocenters. The van der Waals surface area contributed by atoms with Gasteiger partial charge in [0.2, 0.25) is 11.8 Å². The van der Waals surface area contributed by atoms with E-state index < -0.39 is 22.2 Å². The lowest BCUT2D eigenvalue weighted by Gasteiger charge is -2.36. The standard InChI is InChI=1S/C26H32N6O4S.C25H36N6O4S.C25H31N5O3S.C24H25N5O4S/c1-2-27-25(36)29-22-21(18-8-4-5-9-19(18)37-22)23(34)31-14-10-26(11-15-31)24(35)32(17-28-26)16-20(33)30-12-6-3-7-13-30;1-4-26-24(35)28-21-20(17-9-7-8-10-18(17)36-21)22(33)30-13-11-25(12-14-30)23(34)31(16-27-25)15-19(32)29(5-2)6-3;1-2-26-24(33)28-21-20(17-9-5-6-10-18(17)34-21)22(31)30-13-11-25(12-14-30)23(32)27-19(29-25)15-16-7-3-4-8-16;1-2-25-23(32)27-20-19(16-5-3-4-6-17(16)34-20)21(30)29-10-8-24(9-11-29)22(31)26-18(28-24)13-15-7-12-33-14-15/h4-5,8-9,17H,2-3,6-7,10-16H2,1H3,(H2,27,29,36);16H,4-15H2,1-3H3,(H2,26,28,35);5-6,9-10,16H,2-4,7-8,11-15H2,1H3,(H2,26,28,33)(H,27,29,32);3-7,12,14H,2,8-11,13H2,1H3,(H2,25,27,32)(H,26,28,31). The fraction of sp³-hybridized carbons (Fsp3) is 0.500. The van der Waals surface area contributed by atoms with E-state index in [2.05, 4.69) is 63.2 Å². The van der Waals surface area contributed by atoms with Crippen LogP contribution in [-0.2, 0) is 48.0 Å². The van der Waals surface area contributed by atoms with Crippen molar-refractivity contribution < 1.29 is 71.5 Å². The number of rotatable bonds is 22. The Morgan fingerprint density at radius 2 is 0.809 bits per heavy atom. The summed E-state index contributed by atoms with van der Waals surface area (Å²) >= 11 is 5.65. The number of amides is 18. The number of benzene rings is 3. The number of hydrogen-bond donors (Lipinski definition) is 10. The molecule has 8 aromatic rings. The maximum atomic E-state index is 13.7. The number of anilines is 4. The minimum Gasteiger partial charge on any atom is -0.472 e. The van der Waals surface area contributed by atoms with E-state index >= 15 is 0 Å². The van der Waals surface area contributed by atoms with E-state index in [0.717, 1.165) is 112 Å². The first-order valence-electron chi connectivity index (χ1n) is 49.4. The molecule has 41 heteroatoms. The van der Waals surface area contributed by atoms with Crippen molar-refractivity contribution in [2.24, 2.45) is 25.9 Å². The van der Waals surface area contributed by atoms with Crippen LogP contribution in [-0.4, -0.2) is 287 Å². The second-order valence-corrected chi connectivity index (χ2v) is 41.4. The number of nitrogens with zero attached hydrogens (tertiary/aromatic N) is 12. The van der Waals surface area contributed by atoms with Crippen molar-refractivity contribution >= 4 is 203 Å². The Morgan fingerprint density at radius 1 is 0.426 bits per heavy atom. The lowest BCUT2D eigenvalue weighted by Crippen LogP contribution is -2.52. The average molecular weight is 2000 g/mol. The van der Waals surface area contributed by atoms with Gasteiger partial charge in [-0.15, -0.1) is 45.3 Å². The van der Waals surface area contributed by atoms with Crippen LogP contribution in [0, 0.1) is 5.92 Å². The highest BCUT2D eigenvalue weighted by Gasteiger charge is 2.53. The van der Waals surface area contributed by atoms with Gasteiger partial charge in [-0.05, 0) is 179 Å². The normalized spacial score (nSPS) is 18.6. The summed E-state index contributed by atoms with van der Waals surface area (Å²) in [6.07, 6.45) is 23.1. The minimum atomic E-state index is -0.919. The van der Waals surface area contributed by atoms with Crippen LogP contribution in [0.5, 0.6) is 0 Å². The van der Waals surface area contributed by atoms with Crippen LogP contribution in [0.15, 0.2) is 116 Å². The number of carbonyl (C=O) groups excluding carboxylic acids is 14. The first kappa shape index (κ1) is 101. The molecule has 4 spiro atoms. The predicted molar refractivity (Wildman–Crippen MR) is 548 cm³/mol. The van der Waals surface area contributed by atoms with E-state index in [1.165, 1.54) is 98.4 Å². The molecule has 10 N–H and O–H groups in total. The van der Waals surface area contributed by atoms with Gasteiger partial charge in [0.25, 0.3) is 47.3 Å². The molecule has 19 rings (SSSR count). The van der Waals surface area contributed by atoms with Crippen molar-refractivity contribution in [3.63, 3.8) is 0 Å². The summed E-state index contributed by atoms with van der Waals surface area (Å²) < 4.78 is 7.89. The van der Waals surface area contributed by atoms with Gasteiger partial charge in [0.1, 0.15) is 66.9 Å². The molecule has 5 saturated heterocycles. The van der Waals surface area contributed by atoms with Crippen molar-refractivity contribution in [1.82, 2.24) is 71.1 Å². The minimum absolute atomic E-state index is 0.00962. The van der Waals surface area contributed by atoms with Crippen molar-refractivity contribution in [2.75, 3.05) is 139 Å².